The predicted molar refractivity (Wildman–Crippen MR) is 140 cm³/mol. The van der Waals surface area contributed by atoms with Crippen LogP contribution in [0.3, 0.4) is 0 Å². The van der Waals surface area contributed by atoms with Crippen LogP contribution >= 0.6 is 23.2 Å². The Morgan fingerprint density at radius 3 is 2.31 bits per heavy atom. The van der Waals surface area contributed by atoms with E-state index in [1.165, 1.54) is 18.1 Å². The van der Waals surface area contributed by atoms with Crippen molar-refractivity contribution in [2.75, 3.05) is 24.2 Å². The van der Waals surface area contributed by atoms with Crippen molar-refractivity contribution in [2.24, 2.45) is 0 Å². The van der Waals surface area contributed by atoms with E-state index in [-0.39, 0.29) is 18.1 Å². The molecule has 0 aromatic heterocycles. The highest BCUT2D eigenvalue weighted by Gasteiger charge is 2.31. The molecule has 8 nitrogen and oxygen atoms in total. The summed E-state index contributed by atoms with van der Waals surface area (Å²) in [5.41, 5.74) is 0.292. The maximum Gasteiger partial charge on any atom is 0.244 e. The monoisotopic (exact) mass is 543 g/mol. The number of halogens is 2. The number of amides is 2. The smallest absolute Gasteiger partial charge is 0.244 e. The third-order valence-electron chi connectivity index (χ3n) is 5.04. The summed E-state index contributed by atoms with van der Waals surface area (Å²) < 4.78 is 31.4. The summed E-state index contributed by atoms with van der Waals surface area (Å²) in [7, 11) is -2.39. The molecule has 192 valence electrons. The van der Waals surface area contributed by atoms with E-state index in [1.54, 1.807) is 43.3 Å². The number of carbonyl (C=O) groups excluding carboxylic acids is 2. The van der Waals surface area contributed by atoms with Gasteiger partial charge in [0.1, 0.15) is 18.3 Å². The Hall–Kier alpha value is -2.49. The van der Waals surface area contributed by atoms with Gasteiger partial charge in [-0.1, -0.05) is 35.3 Å². The summed E-state index contributed by atoms with van der Waals surface area (Å²) >= 11 is 12.3. The Balaban J connectivity index is 2.45. The minimum atomic E-state index is -3.85. The lowest BCUT2D eigenvalue weighted by atomic mass is 10.1. The summed E-state index contributed by atoms with van der Waals surface area (Å²) in [6.45, 7) is 6.52. The minimum Gasteiger partial charge on any atom is -0.497 e. The van der Waals surface area contributed by atoms with E-state index in [9.17, 15) is 18.0 Å². The first-order valence-corrected chi connectivity index (χ1v) is 13.4. The number of nitrogens with zero attached hydrogens (tertiary/aromatic N) is 2. The molecule has 0 heterocycles. The van der Waals surface area contributed by atoms with Crippen LogP contribution in [-0.4, -0.2) is 56.6 Å². The van der Waals surface area contributed by atoms with Crippen molar-refractivity contribution in [1.29, 1.82) is 0 Å². The van der Waals surface area contributed by atoms with Gasteiger partial charge < -0.3 is 15.0 Å². The fraction of sp³-hybridized carbons (Fsp3) is 0.417. The van der Waals surface area contributed by atoms with E-state index in [1.807, 2.05) is 20.8 Å². The normalized spacial score (nSPS) is 12.6. The Morgan fingerprint density at radius 2 is 1.77 bits per heavy atom. The van der Waals surface area contributed by atoms with Gasteiger partial charge >= 0.3 is 0 Å². The van der Waals surface area contributed by atoms with Gasteiger partial charge in [-0.25, -0.2) is 8.42 Å². The van der Waals surface area contributed by atoms with Crippen LogP contribution in [0.15, 0.2) is 42.5 Å². The van der Waals surface area contributed by atoms with E-state index >= 15 is 0 Å². The number of hydrogen-bond acceptors (Lipinski definition) is 5. The maximum absolute atomic E-state index is 13.6. The standard InChI is InChI=1S/C24H31Cl2N3O5S/c1-16(23(31)27-24(2,3)4)28(14-17-10-11-18(25)12-21(17)26)22(30)15-29(35(6,32)33)19-8-7-9-20(13-19)34-5/h7-13,16H,14-15H2,1-6H3,(H,27,31). The second-order valence-electron chi connectivity index (χ2n) is 9.14. The number of ether oxygens (including phenoxy) is 1. The number of methoxy groups -OCH3 is 1. The van der Waals surface area contributed by atoms with E-state index < -0.39 is 34.1 Å². The molecule has 0 fully saturated rings. The second kappa shape index (κ2) is 11.5. The average molecular weight is 545 g/mol. The molecule has 1 N–H and O–H groups in total. The van der Waals surface area contributed by atoms with Crippen LogP contribution in [0.1, 0.15) is 33.3 Å². The molecule has 0 bridgehead atoms. The molecular formula is C24H31Cl2N3O5S. The lowest BCUT2D eigenvalue weighted by Crippen LogP contribution is -2.54. The van der Waals surface area contributed by atoms with Crippen LogP contribution in [0.4, 0.5) is 5.69 Å². The molecular weight excluding hydrogens is 513 g/mol. The number of hydrogen-bond donors (Lipinski definition) is 1. The van der Waals surface area contributed by atoms with E-state index in [0.29, 0.717) is 21.4 Å². The number of sulfonamides is 1. The van der Waals surface area contributed by atoms with Crippen molar-refractivity contribution < 1.29 is 22.7 Å². The first-order valence-electron chi connectivity index (χ1n) is 10.8. The average Bonchev–Trinajstić information content (AvgIpc) is 2.74. The number of nitrogens with one attached hydrogen (secondary N) is 1. The van der Waals surface area contributed by atoms with Crippen molar-refractivity contribution in [1.82, 2.24) is 10.2 Å². The van der Waals surface area contributed by atoms with Crippen LogP contribution in [0.5, 0.6) is 5.75 Å². The Kier molecular flexibility index (Phi) is 9.44. The molecule has 11 heteroatoms. The van der Waals surface area contributed by atoms with Crippen molar-refractivity contribution in [3.05, 3.63) is 58.1 Å². The molecule has 1 unspecified atom stereocenters. The highest BCUT2D eigenvalue weighted by molar-refractivity contribution is 7.92. The fourth-order valence-corrected chi connectivity index (χ4v) is 4.58. The lowest BCUT2D eigenvalue weighted by molar-refractivity contribution is -0.140. The Labute approximate surface area is 217 Å². The van der Waals surface area contributed by atoms with Gasteiger partial charge in [0.2, 0.25) is 21.8 Å². The predicted octanol–water partition coefficient (Wildman–Crippen LogP) is 4.10. The molecule has 0 saturated carbocycles. The van der Waals surface area contributed by atoms with Crippen molar-refractivity contribution in [3.63, 3.8) is 0 Å². The third kappa shape index (κ3) is 8.30. The maximum atomic E-state index is 13.6. The largest absolute Gasteiger partial charge is 0.497 e. The van der Waals surface area contributed by atoms with Gasteiger partial charge in [-0.3, -0.25) is 13.9 Å². The minimum absolute atomic E-state index is 0.0245. The SMILES string of the molecule is COc1cccc(N(CC(=O)N(Cc2ccc(Cl)cc2Cl)C(C)C(=O)NC(C)(C)C)S(C)(=O)=O)c1. The Bertz CT molecular complexity index is 1180. The van der Waals surface area contributed by atoms with Gasteiger partial charge in [0, 0.05) is 28.2 Å². The zero-order valence-electron chi connectivity index (χ0n) is 20.6. The highest BCUT2D eigenvalue weighted by atomic mass is 35.5. The molecule has 0 aliphatic heterocycles. The van der Waals surface area contributed by atoms with Crippen molar-refractivity contribution in [3.8, 4) is 5.75 Å². The number of anilines is 1. The zero-order chi connectivity index (χ0) is 26.6. The van der Waals surface area contributed by atoms with Crippen LogP contribution in [0.25, 0.3) is 0 Å². The molecule has 2 rings (SSSR count). The first-order chi connectivity index (χ1) is 16.1. The Morgan fingerprint density at radius 1 is 1.11 bits per heavy atom. The summed E-state index contributed by atoms with van der Waals surface area (Å²) in [6, 6.07) is 10.3. The third-order valence-corrected chi connectivity index (χ3v) is 6.77. The molecule has 0 saturated heterocycles. The van der Waals surface area contributed by atoms with E-state index in [2.05, 4.69) is 5.32 Å². The van der Waals surface area contributed by atoms with Crippen LogP contribution in [0, 0.1) is 0 Å². The van der Waals surface area contributed by atoms with Gasteiger partial charge in [0.25, 0.3) is 0 Å². The van der Waals surface area contributed by atoms with Gasteiger partial charge in [0.15, 0.2) is 0 Å². The number of benzene rings is 2. The van der Waals surface area contributed by atoms with Crippen LogP contribution in [0.2, 0.25) is 10.0 Å². The molecule has 2 aromatic rings. The summed E-state index contributed by atoms with van der Waals surface area (Å²) in [6.07, 6.45) is 1.01. The van der Waals surface area contributed by atoms with Crippen molar-refractivity contribution in [2.45, 2.75) is 45.8 Å². The molecule has 2 amide bonds. The van der Waals surface area contributed by atoms with Crippen LogP contribution < -0.4 is 14.4 Å². The van der Waals surface area contributed by atoms with E-state index in [0.717, 1.165) is 10.6 Å². The summed E-state index contributed by atoms with van der Waals surface area (Å²) in [5.74, 6) is -0.532. The fourth-order valence-electron chi connectivity index (χ4n) is 3.27. The molecule has 35 heavy (non-hydrogen) atoms. The molecule has 0 aliphatic rings. The van der Waals surface area contributed by atoms with Gasteiger partial charge in [0.05, 0.1) is 19.1 Å². The quantitative estimate of drug-likeness (QED) is 0.513. The second-order valence-corrected chi connectivity index (χ2v) is 11.9. The zero-order valence-corrected chi connectivity index (χ0v) is 23.0. The molecule has 1 atom stereocenters. The number of rotatable bonds is 9. The van der Waals surface area contributed by atoms with Gasteiger partial charge in [-0.15, -0.1) is 0 Å². The molecule has 2 aromatic carbocycles. The van der Waals surface area contributed by atoms with Crippen molar-refractivity contribution >= 4 is 50.7 Å². The summed E-state index contributed by atoms with van der Waals surface area (Å²) in [4.78, 5) is 27.8. The number of carbonyl (C=O) groups is 2. The molecule has 0 radical (unpaired) electrons. The molecule has 0 spiro atoms. The summed E-state index contributed by atoms with van der Waals surface area (Å²) in [5, 5.41) is 3.61. The van der Waals surface area contributed by atoms with Gasteiger partial charge in [-0.05, 0) is 57.5 Å². The van der Waals surface area contributed by atoms with Gasteiger partial charge in [-0.2, -0.15) is 0 Å². The molecule has 0 aliphatic carbocycles. The first kappa shape index (κ1) is 28.7. The lowest BCUT2D eigenvalue weighted by Gasteiger charge is -2.33. The van der Waals surface area contributed by atoms with E-state index in [4.69, 9.17) is 27.9 Å². The highest BCUT2D eigenvalue weighted by Crippen LogP contribution is 2.26. The topological polar surface area (TPSA) is 96.0 Å². The van der Waals surface area contributed by atoms with Crippen LogP contribution in [-0.2, 0) is 26.2 Å².